The molecule has 1 fully saturated rings. The fourth-order valence-corrected chi connectivity index (χ4v) is 4.45. The molecule has 0 saturated carbocycles. The lowest BCUT2D eigenvalue weighted by Gasteiger charge is -2.28. The van der Waals surface area contributed by atoms with Gasteiger partial charge in [-0.3, -0.25) is 14.9 Å². The van der Waals surface area contributed by atoms with Crippen molar-refractivity contribution in [2.24, 2.45) is 0 Å². The van der Waals surface area contributed by atoms with Gasteiger partial charge in [-0.1, -0.05) is 55.0 Å². The van der Waals surface area contributed by atoms with E-state index >= 15 is 0 Å². The van der Waals surface area contributed by atoms with Gasteiger partial charge in [-0.05, 0) is 70.2 Å². The zero-order valence-electron chi connectivity index (χ0n) is 20.1. The largest absolute Gasteiger partial charge is 0.493 e. The standard InChI is InChI=1S/C28H25BrN2O5/c1-4-20-7-5-6-8-23(20)31-27(33)21(26(32)30-28(31)34)13-19-14-22(29)25(24(15-19)35-3)36-16-18-11-9-17(2)10-12-18/h5-15H,4,16H2,1-3H3,(H,30,32,34)/b21-13-. The van der Waals surface area contributed by atoms with E-state index in [1.54, 1.807) is 24.3 Å². The number of carbonyl (C=O) groups excluding carboxylic acids is 3. The van der Waals surface area contributed by atoms with Crippen LogP contribution in [0.25, 0.3) is 6.08 Å². The van der Waals surface area contributed by atoms with Crippen molar-refractivity contribution in [1.29, 1.82) is 0 Å². The maximum absolute atomic E-state index is 13.3. The highest BCUT2D eigenvalue weighted by atomic mass is 79.9. The van der Waals surface area contributed by atoms with E-state index in [0.717, 1.165) is 21.6 Å². The zero-order chi connectivity index (χ0) is 25.8. The van der Waals surface area contributed by atoms with E-state index < -0.39 is 17.8 Å². The topological polar surface area (TPSA) is 84.9 Å². The molecule has 184 valence electrons. The molecule has 8 heteroatoms. The Labute approximate surface area is 217 Å². The Morgan fingerprint density at radius 1 is 1.03 bits per heavy atom. The molecule has 4 amide bonds. The SMILES string of the molecule is CCc1ccccc1N1C(=O)NC(=O)/C(=C/c2cc(Br)c(OCc3ccc(C)cc3)c(OC)c2)C1=O. The molecule has 1 saturated heterocycles. The van der Waals surface area contributed by atoms with E-state index in [1.807, 2.05) is 50.2 Å². The van der Waals surface area contributed by atoms with Crippen molar-refractivity contribution in [3.8, 4) is 11.5 Å². The molecule has 0 aliphatic carbocycles. The van der Waals surface area contributed by atoms with E-state index in [4.69, 9.17) is 9.47 Å². The molecule has 0 bridgehead atoms. The number of imide groups is 2. The number of ether oxygens (including phenoxy) is 2. The van der Waals surface area contributed by atoms with Gasteiger partial charge in [0.1, 0.15) is 12.2 Å². The quantitative estimate of drug-likeness (QED) is 0.308. The van der Waals surface area contributed by atoms with Crippen molar-refractivity contribution in [2.45, 2.75) is 26.9 Å². The van der Waals surface area contributed by atoms with Gasteiger partial charge in [0.05, 0.1) is 17.3 Å². The first-order valence-corrected chi connectivity index (χ1v) is 12.2. The third-order valence-corrected chi connectivity index (χ3v) is 6.37. The second-order valence-corrected chi connectivity index (χ2v) is 9.10. The first kappa shape index (κ1) is 25.2. The second-order valence-electron chi connectivity index (χ2n) is 8.25. The lowest BCUT2D eigenvalue weighted by Crippen LogP contribution is -2.54. The van der Waals surface area contributed by atoms with E-state index in [-0.39, 0.29) is 5.57 Å². The minimum absolute atomic E-state index is 0.164. The van der Waals surface area contributed by atoms with Gasteiger partial charge in [-0.2, -0.15) is 0 Å². The van der Waals surface area contributed by atoms with Crippen LogP contribution in [-0.2, 0) is 22.6 Å². The first-order chi connectivity index (χ1) is 17.3. The van der Waals surface area contributed by atoms with E-state index in [9.17, 15) is 14.4 Å². The summed E-state index contributed by atoms with van der Waals surface area (Å²) in [5, 5.41) is 2.27. The number of hydrogen-bond donors (Lipinski definition) is 1. The summed E-state index contributed by atoms with van der Waals surface area (Å²) in [5.41, 5.74) is 3.78. The lowest BCUT2D eigenvalue weighted by molar-refractivity contribution is -0.122. The van der Waals surface area contributed by atoms with Gasteiger partial charge in [0.2, 0.25) is 0 Å². The predicted molar refractivity (Wildman–Crippen MR) is 141 cm³/mol. The number of nitrogens with zero attached hydrogens (tertiary/aromatic N) is 1. The molecular weight excluding hydrogens is 524 g/mol. The van der Waals surface area contributed by atoms with Crippen LogP contribution in [0.4, 0.5) is 10.5 Å². The number of para-hydroxylation sites is 1. The average Bonchev–Trinajstić information content (AvgIpc) is 2.86. The predicted octanol–water partition coefficient (Wildman–Crippen LogP) is 5.57. The number of benzene rings is 3. The first-order valence-electron chi connectivity index (χ1n) is 11.4. The van der Waals surface area contributed by atoms with Crippen molar-refractivity contribution in [1.82, 2.24) is 5.32 Å². The van der Waals surface area contributed by atoms with Crippen LogP contribution in [0.15, 0.2) is 70.7 Å². The number of urea groups is 1. The summed E-state index contributed by atoms with van der Waals surface area (Å²) in [7, 11) is 1.51. The zero-order valence-corrected chi connectivity index (χ0v) is 21.7. The number of anilines is 1. The van der Waals surface area contributed by atoms with Crippen LogP contribution in [0.3, 0.4) is 0 Å². The van der Waals surface area contributed by atoms with Gasteiger partial charge in [0.15, 0.2) is 11.5 Å². The Balaban J connectivity index is 1.65. The number of barbiturate groups is 1. The summed E-state index contributed by atoms with van der Waals surface area (Å²) >= 11 is 3.51. The van der Waals surface area contributed by atoms with Gasteiger partial charge in [-0.25, -0.2) is 9.69 Å². The van der Waals surface area contributed by atoms with Gasteiger partial charge < -0.3 is 9.47 Å². The van der Waals surface area contributed by atoms with Crippen LogP contribution in [0.2, 0.25) is 0 Å². The average molecular weight is 549 g/mol. The van der Waals surface area contributed by atoms with Crippen LogP contribution >= 0.6 is 15.9 Å². The Bertz CT molecular complexity index is 1360. The molecular formula is C28H25BrN2O5. The van der Waals surface area contributed by atoms with Crippen molar-refractivity contribution >= 4 is 45.5 Å². The summed E-state index contributed by atoms with van der Waals surface area (Å²) in [6.45, 7) is 4.29. The van der Waals surface area contributed by atoms with Crippen LogP contribution < -0.4 is 19.7 Å². The highest BCUT2D eigenvalue weighted by molar-refractivity contribution is 9.10. The van der Waals surface area contributed by atoms with Crippen LogP contribution in [0, 0.1) is 6.92 Å². The molecule has 3 aromatic carbocycles. The fraction of sp³-hybridized carbons (Fsp3) is 0.179. The molecule has 3 aromatic rings. The third kappa shape index (κ3) is 5.18. The third-order valence-electron chi connectivity index (χ3n) is 5.78. The number of hydrogen-bond acceptors (Lipinski definition) is 5. The number of amides is 4. The van der Waals surface area contributed by atoms with Gasteiger partial charge in [-0.15, -0.1) is 0 Å². The molecule has 0 spiro atoms. The number of aryl methyl sites for hydroxylation is 2. The Hall–Kier alpha value is -3.91. The van der Waals surface area contributed by atoms with E-state index in [0.29, 0.717) is 40.3 Å². The van der Waals surface area contributed by atoms with E-state index in [1.165, 1.54) is 13.2 Å². The molecule has 1 N–H and O–H groups in total. The maximum Gasteiger partial charge on any atom is 0.335 e. The van der Waals surface area contributed by atoms with Crippen LogP contribution in [0.5, 0.6) is 11.5 Å². The van der Waals surface area contributed by atoms with Crippen molar-refractivity contribution in [3.63, 3.8) is 0 Å². The molecule has 0 aromatic heterocycles. The molecule has 1 heterocycles. The van der Waals surface area contributed by atoms with Crippen molar-refractivity contribution in [2.75, 3.05) is 12.0 Å². The number of methoxy groups -OCH3 is 1. The summed E-state index contributed by atoms with van der Waals surface area (Å²) in [6, 6.07) is 17.7. The molecule has 0 atom stereocenters. The smallest absolute Gasteiger partial charge is 0.335 e. The molecule has 7 nitrogen and oxygen atoms in total. The molecule has 0 radical (unpaired) electrons. The van der Waals surface area contributed by atoms with Crippen LogP contribution in [0.1, 0.15) is 29.2 Å². The summed E-state index contributed by atoms with van der Waals surface area (Å²) < 4.78 is 12.1. The van der Waals surface area contributed by atoms with Crippen LogP contribution in [-0.4, -0.2) is 25.0 Å². The number of rotatable bonds is 7. The number of halogens is 1. The maximum atomic E-state index is 13.3. The Morgan fingerprint density at radius 3 is 2.44 bits per heavy atom. The molecule has 1 aliphatic rings. The minimum atomic E-state index is -0.776. The normalized spacial score (nSPS) is 14.7. The highest BCUT2D eigenvalue weighted by Crippen LogP contribution is 2.38. The molecule has 0 unspecified atom stereocenters. The Morgan fingerprint density at radius 2 is 1.75 bits per heavy atom. The second kappa shape index (κ2) is 10.8. The number of nitrogens with one attached hydrogen (secondary N) is 1. The monoisotopic (exact) mass is 548 g/mol. The lowest BCUT2D eigenvalue weighted by atomic mass is 10.0. The van der Waals surface area contributed by atoms with Gasteiger partial charge in [0.25, 0.3) is 11.8 Å². The van der Waals surface area contributed by atoms with E-state index in [2.05, 4.69) is 21.2 Å². The summed E-state index contributed by atoms with van der Waals surface area (Å²) in [5.74, 6) is -0.533. The molecule has 4 rings (SSSR count). The molecule has 1 aliphatic heterocycles. The van der Waals surface area contributed by atoms with Crippen molar-refractivity contribution in [3.05, 3.63) is 93.0 Å². The van der Waals surface area contributed by atoms with Gasteiger partial charge >= 0.3 is 6.03 Å². The molecule has 36 heavy (non-hydrogen) atoms. The summed E-state index contributed by atoms with van der Waals surface area (Å²) in [6.07, 6.45) is 2.05. The highest BCUT2D eigenvalue weighted by Gasteiger charge is 2.37. The summed E-state index contributed by atoms with van der Waals surface area (Å²) in [4.78, 5) is 39.5. The Kier molecular flexibility index (Phi) is 7.55. The number of carbonyl (C=O) groups is 3. The van der Waals surface area contributed by atoms with Gasteiger partial charge in [0, 0.05) is 0 Å². The minimum Gasteiger partial charge on any atom is -0.493 e. The van der Waals surface area contributed by atoms with Crippen molar-refractivity contribution < 1.29 is 23.9 Å². The fourth-order valence-electron chi connectivity index (χ4n) is 3.87.